The van der Waals surface area contributed by atoms with Gasteiger partial charge in [0.25, 0.3) is 5.56 Å². The van der Waals surface area contributed by atoms with Gasteiger partial charge in [0, 0.05) is 23.9 Å². The first-order chi connectivity index (χ1) is 17.9. The first-order valence-corrected chi connectivity index (χ1v) is 11.7. The number of H-pyrrole nitrogens is 2. The van der Waals surface area contributed by atoms with Crippen molar-refractivity contribution in [3.05, 3.63) is 88.1 Å². The molecule has 1 amide bonds. The number of imidazole rings is 1. The van der Waals surface area contributed by atoms with Crippen molar-refractivity contribution in [2.24, 2.45) is 0 Å². The molecule has 0 spiro atoms. The van der Waals surface area contributed by atoms with Crippen molar-refractivity contribution in [1.82, 2.24) is 25.1 Å². The molecule has 2 heterocycles. The average molecular weight is 501 g/mol. The zero-order valence-corrected chi connectivity index (χ0v) is 20.3. The fourth-order valence-corrected chi connectivity index (χ4v) is 4.09. The highest BCUT2D eigenvalue weighted by Gasteiger charge is 2.13. The van der Waals surface area contributed by atoms with Crippen LogP contribution in [-0.4, -0.2) is 58.4 Å². The van der Waals surface area contributed by atoms with Crippen molar-refractivity contribution >= 4 is 33.8 Å². The second-order valence-electron chi connectivity index (χ2n) is 8.92. The number of ether oxygens (including phenoxy) is 1. The lowest BCUT2D eigenvalue weighted by molar-refractivity contribution is 0.151. The topological polar surface area (TPSA) is 116 Å². The summed E-state index contributed by atoms with van der Waals surface area (Å²) in [6, 6.07) is 17.5. The normalized spacial score (nSPS) is 11.4. The molecule has 10 heteroatoms. The van der Waals surface area contributed by atoms with E-state index in [0.717, 1.165) is 10.9 Å². The van der Waals surface area contributed by atoms with Gasteiger partial charge in [-0.2, -0.15) is 5.10 Å². The summed E-state index contributed by atoms with van der Waals surface area (Å²) < 4.78 is 20.0. The molecule has 0 unspecified atom stereocenters. The number of halogens is 1. The van der Waals surface area contributed by atoms with Crippen LogP contribution >= 0.6 is 0 Å². The van der Waals surface area contributed by atoms with Crippen LogP contribution in [0.3, 0.4) is 0 Å². The standard InChI is InChI=1S/C27H25FN6O3/c1-34(2)11-12-37-27(36)31-26-29-22-10-8-17(15-24(22)30-26)20-13-16(7-9-21(20)28)14-23-18-5-3-4-6-19(18)25(35)33-32-23/h3-10,13,15H,11-12,14H2,1-2H3,(H,33,35)(H2,29,30,31,36). The van der Waals surface area contributed by atoms with Crippen LogP contribution in [0, 0.1) is 5.82 Å². The van der Waals surface area contributed by atoms with Crippen molar-refractivity contribution < 1.29 is 13.9 Å². The Balaban J connectivity index is 1.39. The fourth-order valence-electron chi connectivity index (χ4n) is 4.09. The number of aromatic amines is 2. The van der Waals surface area contributed by atoms with Crippen LogP contribution in [0.15, 0.2) is 65.5 Å². The highest BCUT2D eigenvalue weighted by molar-refractivity contribution is 5.88. The summed E-state index contributed by atoms with van der Waals surface area (Å²) in [4.78, 5) is 33.4. The minimum atomic E-state index is -0.608. The molecule has 0 fully saturated rings. The lowest BCUT2D eigenvalue weighted by Gasteiger charge is -2.09. The summed E-state index contributed by atoms with van der Waals surface area (Å²) in [6.45, 7) is 0.860. The van der Waals surface area contributed by atoms with E-state index in [1.165, 1.54) is 6.07 Å². The molecular formula is C27H25FN6O3. The van der Waals surface area contributed by atoms with Crippen molar-refractivity contribution in [2.75, 3.05) is 32.6 Å². The van der Waals surface area contributed by atoms with E-state index in [-0.39, 0.29) is 23.9 Å². The lowest BCUT2D eigenvalue weighted by atomic mass is 9.98. The average Bonchev–Trinajstić information content (AvgIpc) is 3.28. The molecule has 0 bridgehead atoms. The number of amides is 1. The number of nitrogens with one attached hydrogen (secondary N) is 3. The zero-order chi connectivity index (χ0) is 25.9. The SMILES string of the molecule is CN(C)CCOC(=O)Nc1nc2ccc(-c3cc(Cc4n[nH]c(=O)c5ccccc45)ccc3F)cc2[nH]1. The lowest BCUT2D eigenvalue weighted by Crippen LogP contribution is -2.22. The van der Waals surface area contributed by atoms with Crippen LogP contribution in [0.25, 0.3) is 32.9 Å². The Labute approximate surface area is 211 Å². The maximum absolute atomic E-state index is 14.9. The molecule has 3 aromatic carbocycles. The van der Waals surface area contributed by atoms with Gasteiger partial charge in [-0.3, -0.25) is 10.1 Å². The number of nitrogens with zero attached hydrogens (tertiary/aromatic N) is 3. The number of anilines is 1. The summed E-state index contributed by atoms with van der Waals surface area (Å²) in [6.07, 6.45) is -0.191. The summed E-state index contributed by atoms with van der Waals surface area (Å²) >= 11 is 0. The molecule has 37 heavy (non-hydrogen) atoms. The summed E-state index contributed by atoms with van der Waals surface area (Å²) in [5.74, 6) is -0.128. The van der Waals surface area contributed by atoms with E-state index in [4.69, 9.17) is 4.74 Å². The Bertz CT molecular complexity index is 1660. The van der Waals surface area contributed by atoms with Gasteiger partial charge in [-0.05, 0) is 55.6 Å². The molecule has 0 saturated heterocycles. The second-order valence-corrected chi connectivity index (χ2v) is 8.92. The predicted molar refractivity (Wildman–Crippen MR) is 140 cm³/mol. The van der Waals surface area contributed by atoms with Gasteiger partial charge in [0.15, 0.2) is 0 Å². The monoisotopic (exact) mass is 500 g/mol. The van der Waals surface area contributed by atoms with E-state index in [9.17, 15) is 14.0 Å². The maximum Gasteiger partial charge on any atom is 0.414 e. The highest BCUT2D eigenvalue weighted by atomic mass is 19.1. The molecular weight excluding hydrogens is 475 g/mol. The van der Waals surface area contributed by atoms with E-state index in [1.54, 1.807) is 42.5 Å². The van der Waals surface area contributed by atoms with Gasteiger partial charge in [0.05, 0.1) is 22.1 Å². The third-order valence-corrected chi connectivity index (χ3v) is 5.96. The number of hydrogen-bond acceptors (Lipinski definition) is 6. The number of rotatable bonds is 7. The minimum Gasteiger partial charge on any atom is -0.448 e. The molecule has 0 aliphatic carbocycles. The Morgan fingerprint density at radius 3 is 2.70 bits per heavy atom. The Morgan fingerprint density at radius 2 is 1.89 bits per heavy atom. The van der Waals surface area contributed by atoms with Gasteiger partial charge in [0.2, 0.25) is 5.95 Å². The van der Waals surface area contributed by atoms with Gasteiger partial charge in [0.1, 0.15) is 12.4 Å². The quantitative estimate of drug-likeness (QED) is 0.307. The predicted octanol–water partition coefficient (Wildman–Crippen LogP) is 4.31. The van der Waals surface area contributed by atoms with Gasteiger partial charge >= 0.3 is 6.09 Å². The van der Waals surface area contributed by atoms with Crippen molar-refractivity contribution in [1.29, 1.82) is 0 Å². The van der Waals surface area contributed by atoms with Crippen LogP contribution in [0.4, 0.5) is 15.1 Å². The summed E-state index contributed by atoms with van der Waals surface area (Å²) in [7, 11) is 3.78. The fraction of sp³-hybridized carbons (Fsp3) is 0.185. The molecule has 5 rings (SSSR count). The largest absolute Gasteiger partial charge is 0.448 e. The number of benzene rings is 3. The zero-order valence-electron chi connectivity index (χ0n) is 20.3. The third-order valence-electron chi connectivity index (χ3n) is 5.96. The molecule has 9 nitrogen and oxygen atoms in total. The molecule has 2 aromatic heterocycles. The summed E-state index contributed by atoms with van der Waals surface area (Å²) in [5, 5.41) is 10.7. The Hall–Kier alpha value is -4.57. The van der Waals surface area contributed by atoms with Gasteiger partial charge in [-0.1, -0.05) is 30.3 Å². The van der Waals surface area contributed by atoms with Crippen molar-refractivity contribution in [3.8, 4) is 11.1 Å². The highest BCUT2D eigenvalue weighted by Crippen LogP contribution is 2.28. The molecule has 0 radical (unpaired) electrons. The number of hydrogen-bond donors (Lipinski definition) is 3. The minimum absolute atomic E-state index is 0.243. The van der Waals surface area contributed by atoms with Gasteiger partial charge in [-0.25, -0.2) is 19.3 Å². The van der Waals surface area contributed by atoms with Crippen LogP contribution in [0.5, 0.6) is 0 Å². The van der Waals surface area contributed by atoms with E-state index >= 15 is 0 Å². The maximum atomic E-state index is 14.9. The van der Waals surface area contributed by atoms with Crippen LogP contribution in [-0.2, 0) is 11.2 Å². The Morgan fingerprint density at radius 1 is 1.08 bits per heavy atom. The smallest absolute Gasteiger partial charge is 0.414 e. The molecule has 0 atom stereocenters. The van der Waals surface area contributed by atoms with E-state index < -0.39 is 6.09 Å². The molecule has 0 aliphatic rings. The summed E-state index contributed by atoms with van der Waals surface area (Å²) in [5.41, 5.74) is 3.61. The van der Waals surface area contributed by atoms with Crippen LogP contribution in [0.2, 0.25) is 0 Å². The van der Waals surface area contributed by atoms with E-state index in [0.29, 0.717) is 46.2 Å². The first-order valence-electron chi connectivity index (χ1n) is 11.7. The number of aromatic nitrogens is 4. The molecule has 0 aliphatic heterocycles. The number of carbonyl (C=O) groups is 1. The molecule has 188 valence electrons. The Kier molecular flexibility index (Phi) is 6.65. The van der Waals surface area contributed by atoms with Crippen molar-refractivity contribution in [3.63, 3.8) is 0 Å². The molecule has 5 aromatic rings. The van der Waals surface area contributed by atoms with Gasteiger partial charge in [-0.15, -0.1) is 0 Å². The number of fused-ring (bicyclic) bond motifs is 2. The van der Waals surface area contributed by atoms with Gasteiger partial charge < -0.3 is 14.6 Å². The number of carbonyl (C=O) groups excluding carboxylic acids is 1. The van der Waals surface area contributed by atoms with Crippen molar-refractivity contribution in [2.45, 2.75) is 6.42 Å². The van der Waals surface area contributed by atoms with E-state index in [2.05, 4.69) is 25.5 Å². The second kappa shape index (κ2) is 10.2. The van der Waals surface area contributed by atoms with E-state index in [1.807, 2.05) is 31.1 Å². The number of likely N-dealkylation sites (N-methyl/N-ethyl adjacent to an activating group) is 1. The molecule has 3 N–H and O–H groups in total. The van der Waals surface area contributed by atoms with Crippen LogP contribution < -0.4 is 10.9 Å². The first kappa shape index (κ1) is 24.1. The third kappa shape index (κ3) is 5.34. The molecule has 0 saturated carbocycles. The van der Waals surface area contributed by atoms with Crippen LogP contribution in [0.1, 0.15) is 11.3 Å².